The van der Waals surface area contributed by atoms with Gasteiger partial charge >= 0.3 is 0 Å². The third-order valence-corrected chi connectivity index (χ3v) is 7.56. The van der Waals surface area contributed by atoms with Crippen LogP contribution in [0.25, 0.3) is 33.5 Å². The molecule has 1 atom stereocenters. The molecule has 14 heteroatoms. The number of aromatic amines is 1. The van der Waals surface area contributed by atoms with Gasteiger partial charge in [0.1, 0.15) is 29.5 Å². The van der Waals surface area contributed by atoms with E-state index in [0.29, 0.717) is 72.5 Å². The second-order valence-electron chi connectivity index (χ2n) is 10.1. The second kappa shape index (κ2) is 10.8. The second-order valence-corrected chi connectivity index (χ2v) is 10.5. The summed E-state index contributed by atoms with van der Waals surface area (Å²) in [6.45, 7) is 4.39. The summed E-state index contributed by atoms with van der Waals surface area (Å²) in [6, 6.07) is 6.64. The van der Waals surface area contributed by atoms with Crippen LogP contribution in [0, 0.1) is 17.2 Å². The number of benzene rings is 1. The minimum Gasteiger partial charge on any atom is -0.378 e. The van der Waals surface area contributed by atoms with Crippen molar-refractivity contribution in [3.63, 3.8) is 0 Å². The van der Waals surface area contributed by atoms with E-state index in [4.69, 9.17) is 31.7 Å². The predicted molar refractivity (Wildman–Crippen MR) is 148 cm³/mol. The summed E-state index contributed by atoms with van der Waals surface area (Å²) in [5.74, 6) is -0.990. The van der Waals surface area contributed by atoms with E-state index in [1.165, 1.54) is 6.20 Å². The molecular weight excluding hydrogens is 550 g/mol. The zero-order valence-corrected chi connectivity index (χ0v) is 22.9. The molecule has 3 amide bonds. The average molecular weight is 576 g/mol. The number of rotatable bonds is 6. The molecule has 0 spiro atoms. The van der Waals surface area contributed by atoms with Gasteiger partial charge in [-0.1, -0.05) is 11.6 Å². The molecule has 2 fully saturated rings. The predicted octanol–water partition coefficient (Wildman–Crippen LogP) is 1.59. The molecule has 4 aromatic rings. The first-order valence-corrected chi connectivity index (χ1v) is 13.6. The zero-order chi connectivity index (χ0) is 28.7. The van der Waals surface area contributed by atoms with Crippen LogP contribution in [0.5, 0.6) is 0 Å². The van der Waals surface area contributed by atoms with Gasteiger partial charge in [0.05, 0.1) is 42.5 Å². The monoisotopic (exact) mass is 575 g/mol. The van der Waals surface area contributed by atoms with E-state index in [1.54, 1.807) is 39.7 Å². The van der Waals surface area contributed by atoms with E-state index in [9.17, 15) is 14.4 Å². The number of amides is 3. The van der Waals surface area contributed by atoms with E-state index in [2.05, 4.69) is 21.4 Å². The van der Waals surface area contributed by atoms with Crippen LogP contribution in [0.3, 0.4) is 0 Å². The van der Waals surface area contributed by atoms with Gasteiger partial charge in [-0.25, -0.2) is 9.97 Å². The molecule has 0 bridgehead atoms. The molecule has 210 valence electrons. The Bertz CT molecular complexity index is 1710. The van der Waals surface area contributed by atoms with Gasteiger partial charge in [-0.2, -0.15) is 10.4 Å². The number of fused-ring (bicyclic) bond motifs is 2. The molecule has 2 N–H and O–H groups in total. The Balaban J connectivity index is 1.28. The van der Waals surface area contributed by atoms with Crippen LogP contribution in [0.15, 0.2) is 30.6 Å². The van der Waals surface area contributed by atoms with Crippen molar-refractivity contribution in [2.45, 2.75) is 19.5 Å². The number of H-pyrrole nitrogens is 1. The van der Waals surface area contributed by atoms with Crippen molar-refractivity contribution >= 4 is 51.4 Å². The number of hydrogen-bond donors (Lipinski definition) is 2. The number of carbonyl (C=O) groups excluding carboxylic acids is 3. The number of carbonyl (C=O) groups is 3. The van der Waals surface area contributed by atoms with Crippen LogP contribution < -0.4 is 5.32 Å². The van der Waals surface area contributed by atoms with Crippen LogP contribution in [0.1, 0.15) is 17.3 Å². The smallest absolute Gasteiger partial charge is 0.255 e. The van der Waals surface area contributed by atoms with Crippen molar-refractivity contribution in [1.29, 1.82) is 5.26 Å². The molecule has 1 aromatic carbocycles. The highest BCUT2D eigenvalue weighted by molar-refractivity contribution is 6.31. The molecule has 2 aliphatic rings. The SMILES string of the molecule is CC(NC(=O)c1c[nH]c2ncc(-c3nn(CC(=O)N4CCOCC4)c4cc(Cl)ccc34)nc12)C(=O)N1CC(C#N)C1. The maximum Gasteiger partial charge on any atom is 0.255 e. The van der Waals surface area contributed by atoms with Crippen LogP contribution in [-0.2, 0) is 20.9 Å². The normalized spacial score (nSPS) is 16.4. The Kier molecular flexibility index (Phi) is 7.02. The number of nitrogens with one attached hydrogen (secondary N) is 2. The van der Waals surface area contributed by atoms with E-state index in [-0.39, 0.29) is 29.8 Å². The van der Waals surface area contributed by atoms with Gasteiger partial charge < -0.3 is 24.8 Å². The molecule has 2 aliphatic heterocycles. The fourth-order valence-corrected chi connectivity index (χ4v) is 5.19. The summed E-state index contributed by atoms with van der Waals surface area (Å²) >= 11 is 6.29. The summed E-state index contributed by atoms with van der Waals surface area (Å²) < 4.78 is 6.95. The van der Waals surface area contributed by atoms with Crippen molar-refractivity contribution in [3.8, 4) is 17.5 Å². The lowest BCUT2D eigenvalue weighted by Crippen LogP contribution is -2.55. The van der Waals surface area contributed by atoms with Gasteiger partial charge in [-0.05, 0) is 25.1 Å². The summed E-state index contributed by atoms with van der Waals surface area (Å²) in [5, 5.41) is 17.6. The highest BCUT2D eigenvalue weighted by Crippen LogP contribution is 2.30. The Labute approximate surface area is 239 Å². The first-order chi connectivity index (χ1) is 19.8. The van der Waals surface area contributed by atoms with E-state index in [0.717, 1.165) is 5.39 Å². The first kappa shape index (κ1) is 26.7. The molecule has 0 saturated carbocycles. The fraction of sp³-hybridized carbons (Fsp3) is 0.370. The van der Waals surface area contributed by atoms with Gasteiger partial charge in [-0.3, -0.25) is 19.1 Å². The number of hydrogen-bond acceptors (Lipinski definition) is 8. The number of likely N-dealkylation sites (tertiary alicyclic amines) is 1. The molecule has 3 aromatic heterocycles. The molecule has 0 aliphatic carbocycles. The number of nitriles is 1. The number of halogens is 1. The number of morpholine rings is 1. The molecule has 13 nitrogen and oxygen atoms in total. The van der Waals surface area contributed by atoms with Gasteiger partial charge in [0.25, 0.3) is 5.91 Å². The first-order valence-electron chi connectivity index (χ1n) is 13.2. The zero-order valence-electron chi connectivity index (χ0n) is 22.1. The van der Waals surface area contributed by atoms with Crippen LogP contribution in [0.2, 0.25) is 5.02 Å². The highest BCUT2D eigenvalue weighted by atomic mass is 35.5. The van der Waals surface area contributed by atoms with Crippen molar-refractivity contribution in [1.82, 2.24) is 39.8 Å². The Morgan fingerprint density at radius 3 is 2.78 bits per heavy atom. The Morgan fingerprint density at radius 1 is 1.24 bits per heavy atom. The van der Waals surface area contributed by atoms with E-state index < -0.39 is 11.9 Å². The van der Waals surface area contributed by atoms with Gasteiger partial charge in [0, 0.05) is 42.8 Å². The van der Waals surface area contributed by atoms with Crippen molar-refractivity contribution in [3.05, 3.63) is 41.2 Å². The highest BCUT2D eigenvalue weighted by Gasteiger charge is 2.33. The summed E-state index contributed by atoms with van der Waals surface area (Å²) in [4.78, 5) is 54.2. The molecule has 5 heterocycles. The molecule has 41 heavy (non-hydrogen) atoms. The van der Waals surface area contributed by atoms with Gasteiger partial charge in [0.15, 0.2) is 5.65 Å². The minimum absolute atomic E-state index is 0.0162. The number of ether oxygens (including phenoxy) is 1. The summed E-state index contributed by atoms with van der Waals surface area (Å²) in [6.07, 6.45) is 3.04. The van der Waals surface area contributed by atoms with E-state index in [1.807, 2.05) is 6.07 Å². The van der Waals surface area contributed by atoms with Crippen molar-refractivity contribution in [2.24, 2.45) is 5.92 Å². The average Bonchev–Trinajstić information content (AvgIpc) is 3.53. The lowest BCUT2D eigenvalue weighted by molar-refractivity contribution is -0.138. The Morgan fingerprint density at radius 2 is 2.02 bits per heavy atom. The van der Waals surface area contributed by atoms with Gasteiger partial charge in [-0.15, -0.1) is 0 Å². The third-order valence-electron chi connectivity index (χ3n) is 7.32. The van der Waals surface area contributed by atoms with E-state index >= 15 is 0 Å². The topological polar surface area (TPSA) is 162 Å². The largest absolute Gasteiger partial charge is 0.378 e. The molecule has 2 saturated heterocycles. The quantitative estimate of drug-likeness (QED) is 0.350. The maximum absolute atomic E-state index is 13.2. The van der Waals surface area contributed by atoms with Crippen LogP contribution in [-0.4, -0.2) is 97.7 Å². The molecule has 1 unspecified atom stereocenters. The lowest BCUT2D eigenvalue weighted by Gasteiger charge is -2.37. The molecule has 6 rings (SSSR count). The number of nitrogens with zero attached hydrogens (tertiary/aromatic N) is 7. The Hall–Kier alpha value is -4.54. The fourth-order valence-electron chi connectivity index (χ4n) is 5.03. The molecular formula is C27H26ClN9O4. The van der Waals surface area contributed by atoms with Gasteiger partial charge in [0.2, 0.25) is 11.8 Å². The molecule has 0 radical (unpaired) electrons. The van der Waals surface area contributed by atoms with Crippen molar-refractivity contribution < 1.29 is 19.1 Å². The van der Waals surface area contributed by atoms with Crippen molar-refractivity contribution in [2.75, 3.05) is 39.4 Å². The standard InChI is InChI=1S/C27H26ClN9O4/c1-15(27(40)36-12-16(9-29)13-36)32-26(39)19-10-30-25-24(19)33-20(11-31-25)23-18-3-2-17(28)8-21(18)37(34-23)14-22(38)35-4-6-41-7-5-35/h2-3,8,10-11,15-16H,4-7,12-14H2,1H3,(H,30,31)(H,32,39). The van der Waals surface area contributed by atoms with Crippen LogP contribution >= 0.6 is 11.6 Å². The summed E-state index contributed by atoms with van der Waals surface area (Å²) in [7, 11) is 0. The maximum atomic E-state index is 13.2. The number of aromatic nitrogens is 5. The third kappa shape index (κ3) is 5.07. The summed E-state index contributed by atoms with van der Waals surface area (Å²) in [5.41, 5.74) is 2.49. The minimum atomic E-state index is -0.781. The van der Waals surface area contributed by atoms with Crippen LogP contribution in [0.4, 0.5) is 0 Å². The lowest BCUT2D eigenvalue weighted by atomic mass is 10.0.